The van der Waals surface area contributed by atoms with Crippen LogP contribution in [-0.2, 0) is 6.18 Å². The third kappa shape index (κ3) is 6.60. The summed E-state index contributed by atoms with van der Waals surface area (Å²) in [5.41, 5.74) is -0.458. The monoisotopic (exact) mass is 324 g/mol. The fourth-order valence-corrected chi connectivity index (χ4v) is 1.46. The van der Waals surface area contributed by atoms with Crippen molar-refractivity contribution in [2.45, 2.75) is 6.18 Å². The van der Waals surface area contributed by atoms with Crippen LogP contribution in [0.5, 0.6) is 0 Å². The number of amides is 2. The van der Waals surface area contributed by atoms with Crippen LogP contribution >= 0.6 is 0 Å². The van der Waals surface area contributed by atoms with Gasteiger partial charge >= 0.3 is 12.2 Å². The minimum absolute atomic E-state index is 0.181. The number of hydrogen-bond donors (Lipinski definition) is 2. The van der Waals surface area contributed by atoms with Gasteiger partial charge in [0.15, 0.2) is 0 Å². The van der Waals surface area contributed by atoms with Crippen molar-refractivity contribution < 1.29 is 18.0 Å². The van der Waals surface area contributed by atoms with Gasteiger partial charge in [0.25, 0.3) is 0 Å². The van der Waals surface area contributed by atoms with Crippen molar-refractivity contribution in [1.82, 2.24) is 10.6 Å². The molecule has 23 heavy (non-hydrogen) atoms. The highest BCUT2D eigenvalue weighted by atomic mass is 19.4. The molecule has 0 saturated heterocycles. The van der Waals surface area contributed by atoms with E-state index in [1.54, 1.807) is 7.05 Å². The maximum absolute atomic E-state index is 12.6. The molecule has 0 heterocycles. The summed E-state index contributed by atoms with van der Waals surface area (Å²) in [5.74, 6) is 0.181. The van der Waals surface area contributed by atoms with E-state index in [0.29, 0.717) is 5.56 Å². The molecular formula is C15H15F3N4O. The second-order valence-electron chi connectivity index (χ2n) is 4.17. The Kier molecular flexibility index (Phi) is 6.72. The fourth-order valence-electron chi connectivity index (χ4n) is 1.46. The van der Waals surface area contributed by atoms with Gasteiger partial charge in [-0.1, -0.05) is 12.1 Å². The number of nitrogens with one attached hydrogen (secondary N) is 2. The number of urea groups is 1. The number of rotatable bonds is 5. The van der Waals surface area contributed by atoms with E-state index in [2.05, 4.69) is 27.3 Å². The number of aliphatic imine (C=N–C) groups is 2. The zero-order chi connectivity index (χ0) is 17.3. The van der Waals surface area contributed by atoms with E-state index in [1.165, 1.54) is 36.7 Å². The van der Waals surface area contributed by atoms with Crippen LogP contribution in [0.25, 0.3) is 6.08 Å². The molecule has 0 aromatic heterocycles. The molecule has 2 N–H and O–H groups in total. The summed E-state index contributed by atoms with van der Waals surface area (Å²) in [6.07, 6.45) is 1.00. The number of hydrogen-bond acceptors (Lipinski definition) is 3. The van der Waals surface area contributed by atoms with Gasteiger partial charge in [0.2, 0.25) is 0 Å². The third-order valence-corrected chi connectivity index (χ3v) is 2.50. The highest BCUT2D eigenvalue weighted by molar-refractivity contribution is 5.80. The quantitative estimate of drug-likeness (QED) is 0.803. The SMILES string of the molecule is C=N/C(=C\C=NC)NC(=O)N/C=C/c1cccc(C(F)(F)F)c1. The first-order valence-corrected chi connectivity index (χ1v) is 6.37. The zero-order valence-corrected chi connectivity index (χ0v) is 12.3. The van der Waals surface area contributed by atoms with Gasteiger partial charge in [0.1, 0.15) is 5.82 Å². The Morgan fingerprint density at radius 2 is 2.09 bits per heavy atom. The molecule has 0 aliphatic heterocycles. The third-order valence-electron chi connectivity index (χ3n) is 2.50. The van der Waals surface area contributed by atoms with Crippen molar-refractivity contribution in [3.63, 3.8) is 0 Å². The summed E-state index contributed by atoms with van der Waals surface area (Å²) in [5, 5.41) is 4.73. The van der Waals surface area contributed by atoms with Crippen molar-refractivity contribution in [3.8, 4) is 0 Å². The van der Waals surface area contributed by atoms with E-state index in [1.807, 2.05) is 0 Å². The Hall–Kier alpha value is -2.90. The van der Waals surface area contributed by atoms with Gasteiger partial charge in [-0.25, -0.2) is 9.79 Å². The standard InChI is InChI=1S/C15H15F3N4O/c1-19-8-7-13(20-2)22-14(23)21-9-6-11-4-3-5-12(10-11)15(16,17)18/h3-10H,2H2,1H3,(H2,21,22,23)/b9-6+,13-7+,19-8?. The molecule has 0 aliphatic carbocycles. The second-order valence-corrected chi connectivity index (χ2v) is 4.17. The van der Waals surface area contributed by atoms with Crippen molar-refractivity contribution in [1.29, 1.82) is 0 Å². The molecule has 0 bridgehead atoms. The molecule has 8 heteroatoms. The maximum atomic E-state index is 12.6. The average molecular weight is 324 g/mol. The molecule has 1 aromatic carbocycles. The molecule has 1 aromatic rings. The predicted octanol–water partition coefficient (Wildman–Crippen LogP) is 3.22. The molecule has 0 spiro atoms. The second kappa shape index (κ2) is 8.52. The van der Waals surface area contributed by atoms with E-state index in [0.717, 1.165) is 12.1 Å². The summed E-state index contributed by atoms with van der Waals surface area (Å²) in [7, 11) is 1.55. The van der Waals surface area contributed by atoms with Gasteiger partial charge in [-0.2, -0.15) is 13.2 Å². The Morgan fingerprint density at radius 1 is 1.35 bits per heavy atom. The van der Waals surface area contributed by atoms with Gasteiger partial charge in [0.05, 0.1) is 5.56 Å². The summed E-state index contributed by atoms with van der Waals surface area (Å²) in [4.78, 5) is 18.8. The van der Waals surface area contributed by atoms with Crippen molar-refractivity contribution in [3.05, 3.63) is 53.5 Å². The number of halogens is 3. The Labute approximate surface area is 131 Å². The van der Waals surface area contributed by atoms with Gasteiger partial charge in [-0.05, 0) is 36.6 Å². The van der Waals surface area contributed by atoms with E-state index in [4.69, 9.17) is 0 Å². The van der Waals surface area contributed by atoms with Crippen molar-refractivity contribution in [2.24, 2.45) is 9.98 Å². The molecular weight excluding hydrogens is 309 g/mol. The summed E-state index contributed by atoms with van der Waals surface area (Å²) in [6.45, 7) is 3.28. The van der Waals surface area contributed by atoms with Crippen LogP contribution in [0.2, 0.25) is 0 Å². The lowest BCUT2D eigenvalue weighted by atomic mass is 10.1. The van der Waals surface area contributed by atoms with Gasteiger partial charge < -0.3 is 5.32 Å². The van der Waals surface area contributed by atoms with Crippen LogP contribution < -0.4 is 10.6 Å². The van der Waals surface area contributed by atoms with Crippen LogP contribution in [-0.4, -0.2) is 26.0 Å². The number of alkyl halides is 3. The van der Waals surface area contributed by atoms with E-state index >= 15 is 0 Å². The number of benzene rings is 1. The molecule has 0 radical (unpaired) electrons. The first kappa shape index (κ1) is 18.1. The molecule has 2 amide bonds. The van der Waals surface area contributed by atoms with Crippen LogP contribution in [0.1, 0.15) is 11.1 Å². The fraction of sp³-hybridized carbons (Fsp3) is 0.133. The molecule has 5 nitrogen and oxygen atoms in total. The molecule has 122 valence electrons. The van der Waals surface area contributed by atoms with Gasteiger partial charge in [-0.3, -0.25) is 10.3 Å². The number of allylic oxidation sites excluding steroid dienone is 1. The smallest absolute Gasteiger partial charge is 0.314 e. The molecule has 1 rings (SSSR count). The number of carbonyl (C=O) groups excluding carboxylic acids is 1. The summed E-state index contributed by atoms with van der Waals surface area (Å²) >= 11 is 0. The number of carbonyl (C=O) groups is 1. The lowest BCUT2D eigenvalue weighted by molar-refractivity contribution is -0.137. The van der Waals surface area contributed by atoms with Crippen LogP contribution in [0.3, 0.4) is 0 Å². The summed E-state index contributed by atoms with van der Waals surface area (Å²) < 4.78 is 37.7. The molecule has 0 atom stereocenters. The first-order chi connectivity index (χ1) is 10.9. The Morgan fingerprint density at radius 3 is 2.70 bits per heavy atom. The Bertz CT molecular complexity index is 648. The molecule has 0 fully saturated rings. The zero-order valence-electron chi connectivity index (χ0n) is 12.3. The van der Waals surface area contributed by atoms with Crippen molar-refractivity contribution in [2.75, 3.05) is 7.05 Å². The maximum Gasteiger partial charge on any atom is 0.416 e. The van der Waals surface area contributed by atoms with Crippen molar-refractivity contribution >= 4 is 25.0 Å². The molecule has 0 unspecified atom stereocenters. The number of nitrogens with zero attached hydrogens (tertiary/aromatic N) is 2. The van der Waals surface area contributed by atoms with E-state index in [-0.39, 0.29) is 5.82 Å². The first-order valence-electron chi connectivity index (χ1n) is 6.37. The van der Waals surface area contributed by atoms with E-state index < -0.39 is 17.8 Å². The summed E-state index contributed by atoms with van der Waals surface area (Å²) in [6, 6.07) is 4.11. The minimum atomic E-state index is -4.41. The lowest BCUT2D eigenvalue weighted by Gasteiger charge is -2.07. The van der Waals surface area contributed by atoms with Gasteiger partial charge in [-0.15, -0.1) is 0 Å². The van der Waals surface area contributed by atoms with Crippen LogP contribution in [0.4, 0.5) is 18.0 Å². The minimum Gasteiger partial charge on any atom is -0.314 e. The van der Waals surface area contributed by atoms with Crippen LogP contribution in [0.15, 0.2) is 52.3 Å². The van der Waals surface area contributed by atoms with Crippen LogP contribution in [0, 0.1) is 0 Å². The topological polar surface area (TPSA) is 65.8 Å². The van der Waals surface area contributed by atoms with Gasteiger partial charge in [0, 0.05) is 19.5 Å². The molecule has 0 aliphatic rings. The van der Waals surface area contributed by atoms with E-state index in [9.17, 15) is 18.0 Å². The highest BCUT2D eigenvalue weighted by Gasteiger charge is 2.30. The highest BCUT2D eigenvalue weighted by Crippen LogP contribution is 2.29. The normalized spacial score (nSPS) is 12.6. The largest absolute Gasteiger partial charge is 0.416 e. The predicted molar refractivity (Wildman–Crippen MR) is 84.2 cm³/mol. The molecule has 0 saturated carbocycles. The Balaban J connectivity index is 2.66. The average Bonchev–Trinajstić information content (AvgIpc) is 2.51. The lowest BCUT2D eigenvalue weighted by Crippen LogP contribution is -2.31.